The van der Waals surface area contributed by atoms with Crippen molar-refractivity contribution in [1.82, 2.24) is 9.62 Å². The molecule has 1 fully saturated rings. The van der Waals surface area contributed by atoms with E-state index < -0.39 is 15.9 Å². The molecule has 1 amide bonds. The summed E-state index contributed by atoms with van der Waals surface area (Å²) in [7, 11) is -3.69. The minimum Gasteiger partial charge on any atom is -0.487 e. The first-order valence-corrected chi connectivity index (χ1v) is 14.5. The van der Waals surface area contributed by atoms with Crippen LogP contribution in [0, 0.1) is 5.92 Å². The average Bonchev–Trinajstić information content (AvgIpc) is 2.86. The zero-order valence-electron chi connectivity index (χ0n) is 20.1. The molecule has 2 aromatic carbocycles. The Kier molecular flexibility index (Phi) is 8.01. The number of hydrogen-bond donors (Lipinski definition) is 1. The molecule has 0 saturated carbocycles. The number of benzene rings is 2. The number of amides is 1. The van der Waals surface area contributed by atoms with Crippen molar-refractivity contribution in [3.8, 4) is 5.75 Å². The summed E-state index contributed by atoms with van der Waals surface area (Å²) >= 11 is 12.4. The molecule has 2 aliphatic rings. The Bertz CT molecular complexity index is 1160. The van der Waals surface area contributed by atoms with Crippen molar-refractivity contribution in [3.63, 3.8) is 0 Å². The van der Waals surface area contributed by atoms with Gasteiger partial charge in [-0.3, -0.25) is 4.79 Å². The molecule has 2 heterocycles. The highest BCUT2D eigenvalue weighted by molar-refractivity contribution is 7.88. The van der Waals surface area contributed by atoms with Gasteiger partial charge >= 0.3 is 0 Å². The summed E-state index contributed by atoms with van der Waals surface area (Å²) in [6.45, 7) is 4.73. The van der Waals surface area contributed by atoms with E-state index in [-0.39, 0.29) is 29.8 Å². The maximum Gasteiger partial charge on any atom is 0.224 e. The summed E-state index contributed by atoms with van der Waals surface area (Å²) in [5, 5.41) is 3.87. The van der Waals surface area contributed by atoms with Crippen LogP contribution in [0.25, 0.3) is 0 Å². The number of nitrogens with one attached hydrogen (secondary N) is 1. The van der Waals surface area contributed by atoms with E-state index in [1.54, 1.807) is 18.2 Å². The quantitative estimate of drug-likeness (QED) is 0.488. The van der Waals surface area contributed by atoms with E-state index in [0.717, 1.165) is 24.2 Å². The van der Waals surface area contributed by atoms with Gasteiger partial charge in [-0.25, -0.2) is 12.7 Å². The second-order valence-corrected chi connectivity index (χ2v) is 12.2. The fourth-order valence-electron chi connectivity index (χ4n) is 5.07. The second-order valence-electron chi connectivity index (χ2n) is 9.45. The highest BCUT2D eigenvalue weighted by atomic mass is 35.5. The number of carbonyl (C=O) groups is 1. The molecule has 0 radical (unpaired) electrons. The molecular weight excluding hydrogens is 507 g/mol. The van der Waals surface area contributed by atoms with Crippen LogP contribution in [0.3, 0.4) is 0 Å². The molecule has 1 N–H and O–H groups in total. The molecule has 9 heteroatoms. The lowest BCUT2D eigenvalue weighted by Crippen LogP contribution is -2.49. The molecule has 0 bridgehead atoms. The van der Waals surface area contributed by atoms with Crippen LogP contribution in [-0.2, 0) is 20.6 Å². The molecule has 4 rings (SSSR count). The Labute approximate surface area is 218 Å². The van der Waals surface area contributed by atoms with Crippen LogP contribution >= 0.6 is 23.2 Å². The Hall–Kier alpha value is -1.80. The normalized spacial score (nSPS) is 22.2. The predicted octanol–water partition coefficient (Wildman–Crippen LogP) is 5.73. The molecule has 0 aliphatic carbocycles. The minimum atomic E-state index is -3.69. The standard InChI is InChI=1S/C26H32Cl2N2O4S/c1-3-26(4-2)15-23(19-10-5-6-13-24(19)34-26)29-25(31)18-9-8-14-30(16-18)35(32,33)17-20-21(27)11-7-12-22(20)28/h5-7,10-13,18,23H,3-4,8-9,14-17H2,1-2H3,(H,29,31)/t18-,23+/m1/s1. The third-order valence-corrected chi connectivity index (χ3v) is 9.82. The maximum atomic E-state index is 13.4. The van der Waals surface area contributed by atoms with Crippen LogP contribution in [-0.4, -0.2) is 37.3 Å². The third kappa shape index (κ3) is 5.63. The van der Waals surface area contributed by atoms with Gasteiger partial charge in [0.1, 0.15) is 11.4 Å². The first-order chi connectivity index (χ1) is 16.7. The average molecular weight is 540 g/mol. The number of fused-ring (bicyclic) bond motifs is 1. The monoisotopic (exact) mass is 538 g/mol. The largest absolute Gasteiger partial charge is 0.487 e. The van der Waals surface area contributed by atoms with Crippen molar-refractivity contribution >= 4 is 39.1 Å². The van der Waals surface area contributed by atoms with E-state index in [4.69, 9.17) is 27.9 Å². The van der Waals surface area contributed by atoms with Gasteiger partial charge in [-0.05, 0) is 43.9 Å². The Balaban J connectivity index is 1.49. The number of para-hydroxylation sites is 1. The molecule has 2 aromatic rings. The van der Waals surface area contributed by atoms with E-state index >= 15 is 0 Å². The Morgan fingerprint density at radius 2 is 1.80 bits per heavy atom. The smallest absolute Gasteiger partial charge is 0.224 e. The number of carbonyl (C=O) groups excluding carboxylic acids is 1. The van der Waals surface area contributed by atoms with Crippen molar-refractivity contribution < 1.29 is 17.9 Å². The lowest BCUT2D eigenvalue weighted by atomic mass is 9.83. The molecule has 190 valence electrons. The molecule has 1 saturated heterocycles. The van der Waals surface area contributed by atoms with Gasteiger partial charge < -0.3 is 10.1 Å². The SMILES string of the molecule is CCC1(CC)C[C@H](NC(=O)[C@@H]2CCCN(S(=O)(=O)Cc3c(Cl)cccc3Cl)C2)c2ccccc2O1. The zero-order chi connectivity index (χ0) is 25.2. The van der Waals surface area contributed by atoms with Crippen molar-refractivity contribution in [1.29, 1.82) is 0 Å². The molecule has 2 aliphatic heterocycles. The van der Waals surface area contributed by atoms with E-state index in [2.05, 4.69) is 19.2 Å². The number of hydrogen-bond acceptors (Lipinski definition) is 4. The number of ether oxygens (including phenoxy) is 1. The molecule has 6 nitrogen and oxygen atoms in total. The fraction of sp³-hybridized carbons (Fsp3) is 0.500. The minimum absolute atomic E-state index is 0.122. The Morgan fingerprint density at radius 1 is 1.11 bits per heavy atom. The van der Waals surface area contributed by atoms with Crippen molar-refractivity contribution in [2.24, 2.45) is 5.92 Å². The maximum absolute atomic E-state index is 13.4. The first-order valence-electron chi connectivity index (χ1n) is 12.2. The van der Waals surface area contributed by atoms with Crippen LogP contribution < -0.4 is 10.1 Å². The molecular formula is C26H32Cl2N2O4S. The predicted molar refractivity (Wildman–Crippen MR) is 139 cm³/mol. The van der Waals surface area contributed by atoms with Crippen LogP contribution in [0.15, 0.2) is 42.5 Å². The lowest BCUT2D eigenvalue weighted by molar-refractivity contribution is -0.127. The van der Waals surface area contributed by atoms with Crippen LogP contribution in [0.4, 0.5) is 0 Å². The molecule has 0 unspecified atom stereocenters. The van der Waals surface area contributed by atoms with Gasteiger partial charge in [-0.1, -0.05) is 61.3 Å². The first kappa shape index (κ1) is 26.3. The van der Waals surface area contributed by atoms with E-state index in [1.807, 2.05) is 24.3 Å². The van der Waals surface area contributed by atoms with Crippen LogP contribution in [0.2, 0.25) is 10.0 Å². The van der Waals surface area contributed by atoms with Crippen molar-refractivity contribution in [2.75, 3.05) is 13.1 Å². The Morgan fingerprint density at radius 3 is 2.49 bits per heavy atom. The van der Waals surface area contributed by atoms with E-state index in [1.165, 1.54) is 4.31 Å². The van der Waals surface area contributed by atoms with Gasteiger partial charge in [0.25, 0.3) is 0 Å². The van der Waals surface area contributed by atoms with Gasteiger partial charge in [0.15, 0.2) is 0 Å². The molecule has 35 heavy (non-hydrogen) atoms. The second kappa shape index (κ2) is 10.7. The number of piperidine rings is 1. The van der Waals surface area contributed by atoms with Crippen molar-refractivity contribution in [3.05, 3.63) is 63.6 Å². The van der Waals surface area contributed by atoms with E-state index in [0.29, 0.717) is 41.4 Å². The highest BCUT2D eigenvalue weighted by Gasteiger charge is 2.40. The summed E-state index contributed by atoms with van der Waals surface area (Å²) in [6, 6.07) is 12.6. The van der Waals surface area contributed by atoms with Gasteiger partial charge in [0.2, 0.25) is 15.9 Å². The summed E-state index contributed by atoms with van der Waals surface area (Å²) < 4.78 is 34.2. The fourth-order valence-corrected chi connectivity index (χ4v) is 7.43. The van der Waals surface area contributed by atoms with Gasteiger partial charge in [-0.15, -0.1) is 0 Å². The topological polar surface area (TPSA) is 75.7 Å². The zero-order valence-corrected chi connectivity index (χ0v) is 22.4. The summed E-state index contributed by atoms with van der Waals surface area (Å²) in [5.41, 5.74) is 1.02. The van der Waals surface area contributed by atoms with Gasteiger partial charge in [0.05, 0.1) is 17.7 Å². The van der Waals surface area contributed by atoms with Crippen LogP contribution in [0.1, 0.15) is 63.1 Å². The van der Waals surface area contributed by atoms with Gasteiger partial charge in [-0.2, -0.15) is 0 Å². The number of rotatable bonds is 7. The molecule has 0 aromatic heterocycles. The summed E-state index contributed by atoms with van der Waals surface area (Å²) in [4.78, 5) is 13.4. The summed E-state index contributed by atoms with van der Waals surface area (Å²) in [6.07, 6.45) is 3.62. The number of sulfonamides is 1. The third-order valence-electron chi connectivity index (χ3n) is 7.34. The lowest BCUT2D eigenvalue weighted by Gasteiger charge is -2.42. The molecule has 0 spiro atoms. The summed E-state index contributed by atoms with van der Waals surface area (Å²) in [5.74, 6) is -0.0310. The van der Waals surface area contributed by atoms with Crippen LogP contribution in [0.5, 0.6) is 5.75 Å². The van der Waals surface area contributed by atoms with E-state index in [9.17, 15) is 13.2 Å². The number of nitrogens with zero attached hydrogens (tertiary/aromatic N) is 1. The molecule has 2 atom stereocenters. The number of halogens is 2. The van der Waals surface area contributed by atoms with Crippen molar-refractivity contribution in [2.45, 2.75) is 63.3 Å². The highest BCUT2D eigenvalue weighted by Crippen LogP contribution is 2.43. The van der Waals surface area contributed by atoms with Gasteiger partial charge in [0, 0.05) is 40.7 Å².